The lowest BCUT2D eigenvalue weighted by molar-refractivity contribution is 0.196. The first-order valence-corrected chi connectivity index (χ1v) is 6.90. The summed E-state index contributed by atoms with van der Waals surface area (Å²) in [7, 11) is 0. The molecule has 0 heterocycles. The second kappa shape index (κ2) is 3.35. The van der Waals surface area contributed by atoms with E-state index in [4.69, 9.17) is 0 Å². The molecule has 0 bridgehead atoms. The van der Waals surface area contributed by atoms with E-state index >= 15 is 0 Å². The van der Waals surface area contributed by atoms with Crippen LogP contribution in [0.5, 0.6) is 0 Å². The number of hydrogen-bond donors (Lipinski definition) is 1. The van der Waals surface area contributed by atoms with Crippen LogP contribution in [-0.2, 0) is 0 Å². The van der Waals surface area contributed by atoms with Gasteiger partial charge in [0, 0.05) is 12.0 Å². The third-order valence-electron chi connectivity index (χ3n) is 5.87. The van der Waals surface area contributed by atoms with Crippen molar-refractivity contribution < 1.29 is 5.11 Å². The molecule has 2 fully saturated rings. The Kier molecular flexibility index (Phi) is 2.27. The Balaban J connectivity index is 1.98. The van der Waals surface area contributed by atoms with Gasteiger partial charge in [0.2, 0.25) is 0 Å². The monoisotopic (exact) mass is 220 g/mol. The third kappa shape index (κ3) is 1.21. The second-order valence-electron chi connectivity index (χ2n) is 6.68. The van der Waals surface area contributed by atoms with Gasteiger partial charge in [-0.25, -0.2) is 0 Å². The highest BCUT2D eigenvalue weighted by Gasteiger charge is 2.64. The molecule has 1 heteroatoms. The molecule has 0 aromatic heterocycles. The van der Waals surface area contributed by atoms with Gasteiger partial charge < -0.3 is 5.11 Å². The predicted octanol–water partition coefficient (Wildman–Crippen LogP) is 3.39. The van der Waals surface area contributed by atoms with Crippen LogP contribution in [0.3, 0.4) is 0 Å². The molecule has 5 atom stereocenters. The summed E-state index contributed by atoms with van der Waals surface area (Å²) in [5, 5.41) is 9.64. The molecule has 0 saturated heterocycles. The molecule has 3 aliphatic rings. The topological polar surface area (TPSA) is 20.2 Å². The van der Waals surface area contributed by atoms with Gasteiger partial charge in [0.05, 0.1) is 0 Å². The minimum Gasteiger partial charge on any atom is -0.396 e. The van der Waals surface area contributed by atoms with Gasteiger partial charge in [-0.1, -0.05) is 25.0 Å². The zero-order chi connectivity index (χ0) is 11.5. The van der Waals surface area contributed by atoms with Crippen LogP contribution >= 0.6 is 0 Å². The van der Waals surface area contributed by atoms with E-state index in [1.54, 1.807) is 11.1 Å². The molecule has 0 unspecified atom stereocenters. The Morgan fingerprint density at radius 3 is 2.75 bits per heavy atom. The molecular weight excluding hydrogens is 196 g/mol. The van der Waals surface area contributed by atoms with E-state index < -0.39 is 0 Å². The SMILES string of the molecule is CC1=C2[C@@H](CC1)[C@@H](C)CC[C@H]1[C@@H]2[C@]1(C)CO. The van der Waals surface area contributed by atoms with Crippen LogP contribution in [0, 0.1) is 29.1 Å². The van der Waals surface area contributed by atoms with E-state index in [1.165, 1.54) is 25.7 Å². The van der Waals surface area contributed by atoms with Crippen molar-refractivity contribution in [3.8, 4) is 0 Å². The van der Waals surface area contributed by atoms with E-state index in [9.17, 15) is 5.11 Å². The lowest BCUT2D eigenvalue weighted by Gasteiger charge is -2.23. The Morgan fingerprint density at radius 1 is 1.31 bits per heavy atom. The molecule has 0 aromatic carbocycles. The maximum atomic E-state index is 9.64. The van der Waals surface area contributed by atoms with Crippen molar-refractivity contribution in [2.75, 3.05) is 6.61 Å². The maximum absolute atomic E-state index is 9.64. The van der Waals surface area contributed by atoms with E-state index in [1.807, 2.05) is 0 Å². The largest absolute Gasteiger partial charge is 0.396 e. The van der Waals surface area contributed by atoms with Gasteiger partial charge in [0.25, 0.3) is 0 Å². The van der Waals surface area contributed by atoms with Crippen LogP contribution in [-0.4, -0.2) is 11.7 Å². The van der Waals surface area contributed by atoms with Crippen LogP contribution < -0.4 is 0 Å². The molecule has 0 spiro atoms. The highest BCUT2D eigenvalue weighted by atomic mass is 16.3. The average Bonchev–Trinajstić information content (AvgIpc) is 2.73. The highest BCUT2D eigenvalue weighted by Crippen LogP contribution is 2.69. The van der Waals surface area contributed by atoms with Crippen molar-refractivity contribution in [2.45, 2.75) is 46.5 Å². The number of fused-ring (bicyclic) bond motifs is 3. The normalized spacial score (nSPS) is 51.0. The fraction of sp³-hybridized carbons (Fsp3) is 0.867. The fourth-order valence-electron chi connectivity index (χ4n) is 4.66. The van der Waals surface area contributed by atoms with Crippen molar-refractivity contribution in [3.63, 3.8) is 0 Å². The van der Waals surface area contributed by atoms with E-state index in [0.29, 0.717) is 6.61 Å². The Labute approximate surface area is 98.9 Å². The van der Waals surface area contributed by atoms with Gasteiger partial charge in [-0.3, -0.25) is 0 Å². The van der Waals surface area contributed by atoms with Crippen LogP contribution in [0.2, 0.25) is 0 Å². The molecule has 0 radical (unpaired) electrons. The average molecular weight is 220 g/mol. The molecule has 0 aromatic rings. The Bertz CT molecular complexity index is 343. The van der Waals surface area contributed by atoms with Crippen molar-refractivity contribution in [2.24, 2.45) is 29.1 Å². The van der Waals surface area contributed by atoms with Gasteiger partial charge in [-0.05, 0) is 56.3 Å². The standard InChI is InChI=1S/C15H24O/c1-9-5-7-12-14(15(12,3)8-16)13-10(2)4-6-11(9)13/h9,11-12,14,16H,4-8H2,1-3H3/t9-,11-,12-,14-,15+/m0/s1. The number of aliphatic hydroxyl groups is 1. The van der Waals surface area contributed by atoms with Crippen molar-refractivity contribution in [1.29, 1.82) is 0 Å². The Hall–Kier alpha value is -0.300. The first-order valence-electron chi connectivity index (χ1n) is 6.90. The lowest BCUT2D eigenvalue weighted by Crippen LogP contribution is -2.16. The summed E-state index contributed by atoms with van der Waals surface area (Å²) in [5.41, 5.74) is 3.66. The summed E-state index contributed by atoms with van der Waals surface area (Å²) in [6, 6.07) is 0. The van der Waals surface area contributed by atoms with Crippen LogP contribution in [0.25, 0.3) is 0 Å². The number of rotatable bonds is 1. The highest BCUT2D eigenvalue weighted by molar-refractivity contribution is 5.35. The molecule has 3 aliphatic carbocycles. The molecule has 1 nitrogen and oxygen atoms in total. The maximum Gasteiger partial charge on any atom is 0.0493 e. The molecule has 1 N–H and O–H groups in total. The minimum atomic E-state index is 0.235. The molecule has 2 saturated carbocycles. The van der Waals surface area contributed by atoms with Gasteiger partial charge in [0.15, 0.2) is 0 Å². The summed E-state index contributed by atoms with van der Waals surface area (Å²) in [6.07, 6.45) is 5.41. The smallest absolute Gasteiger partial charge is 0.0493 e. The van der Waals surface area contributed by atoms with Crippen molar-refractivity contribution >= 4 is 0 Å². The molecule has 16 heavy (non-hydrogen) atoms. The van der Waals surface area contributed by atoms with E-state index in [-0.39, 0.29) is 5.41 Å². The van der Waals surface area contributed by atoms with Gasteiger partial charge >= 0.3 is 0 Å². The quantitative estimate of drug-likeness (QED) is 0.672. The number of hydrogen-bond acceptors (Lipinski definition) is 1. The molecule has 90 valence electrons. The summed E-state index contributed by atoms with van der Waals surface area (Å²) < 4.78 is 0. The van der Waals surface area contributed by atoms with E-state index in [2.05, 4.69) is 20.8 Å². The first kappa shape index (κ1) is 10.8. The third-order valence-corrected chi connectivity index (χ3v) is 5.87. The lowest BCUT2D eigenvalue weighted by atomic mass is 9.82. The first-order chi connectivity index (χ1) is 7.59. The predicted molar refractivity (Wildman–Crippen MR) is 66.0 cm³/mol. The molecule has 0 aliphatic heterocycles. The van der Waals surface area contributed by atoms with Crippen molar-refractivity contribution in [1.82, 2.24) is 0 Å². The van der Waals surface area contributed by atoms with E-state index in [0.717, 1.165) is 23.7 Å². The van der Waals surface area contributed by atoms with Crippen LogP contribution in [0.4, 0.5) is 0 Å². The fourth-order valence-corrected chi connectivity index (χ4v) is 4.66. The summed E-state index contributed by atoms with van der Waals surface area (Å²) in [4.78, 5) is 0. The molecule has 0 amide bonds. The van der Waals surface area contributed by atoms with Gasteiger partial charge in [0.1, 0.15) is 0 Å². The van der Waals surface area contributed by atoms with Gasteiger partial charge in [-0.2, -0.15) is 0 Å². The number of allylic oxidation sites excluding steroid dienone is 2. The van der Waals surface area contributed by atoms with Crippen molar-refractivity contribution in [3.05, 3.63) is 11.1 Å². The summed E-state index contributed by atoms with van der Waals surface area (Å²) >= 11 is 0. The zero-order valence-corrected chi connectivity index (χ0v) is 10.8. The number of aliphatic hydroxyl groups excluding tert-OH is 1. The summed E-state index contributed by atoms with van der Waals surface area (Å²) in [6.45, 7) is 7.46. The van der Waals surface area contributed by atoms with Crippen LogP contribution in [0.15, 0.2) is 11.1 Å². The Morgan fingerprint density at radius 2 is 2.06 bits per heavy atom. The molecular formula is C15H24O. The zero-order valence-electron chi connectivity index (χ0n) is 10.8. The summed E-state index contributed by atoms with van der Waals surface area (Å²) in [5.74, 6) is 3.24. The minimum absolute atomic E-state index is 0.235. The van der Waals surface area contributed by atoms with Crippen LogP contribution in [0.1, 0.15) is 46.5 Å². The van der Waals surface area contributed by atoms with Gasteiger partial charge in [-0.15, -0.1) is 0 Å². The molecule has 3 rings (SSSR count). The second-order valence-corrected chi connectivity index (χ2v) is 6.68.